The second-order valence-electron chi connectivity index (χ2n) is 7.44. The molecule has 10 heteroatoms. The number of sulfonamides is 1. The summed E-state index contributed by atoms with van der Waals surface area (Å²) in [5, 5.41) is 2.72. The second-order valence-corrected chi connectivity index (χ2v) is 9.34. The molecule has 0 unspecified atom stereocenters. The molecule has 2 aromatic carbocycles. The fourth-order valence-corrected chi connectivity index (χ4v) is 4.22. The summed E-state index contributed by atoms with van der Waals surface area (Å²) in [5.41, 5.74) is 0.873. The van der Waals surface area contributed by atoms with Crippen molar-refractivity contribution in [2.75, 3.05) is 30.8 Å². The van der Waals surface area contributed by atoms with Gasteiger partial charge in [-0.3, -0.25) is 13.9 Å². The Hall–Kier alpha value is -3.14. The molecule has 0 radical (unpaired) electrons. The van der Waals surface area contributed by atoms with Gasteiger partial charge in [-0.2, -0.15) is 0 Å². The third kappa shape index (κ3) is 7.18. The van der Waals surface area contributed by atoms with Crippen molar-refractivity contribution in [1.82, 2.24) is 10.2 Å². The van der Waals surface area contributed by atoms with Crippen molar-refractivity contribution in [3.05, 3.63) is 59.9 Å². The summed E-state index contributed by atoms with van der Waals surface area (Å²) in [6, 6.07) is 11.1. The molecular weight excluding hydrogens is 449 g/mol. The zero-order valence-electron chi connectivity index (χ0n) is 19.2. The van der Waals surface area contributed by atoms with Crippen LogP contribution in [0.2, 0.25) is 0 Å². The van der Waals surface area contributed by atoms with E-state index in [4.69, 9.17) is 4.74 Å². The molecule has 8 nitrogen and oxygen atoms in total. The van der Waals surface area contributed by atoms with E-state index in [9.17, 15) is 22.4 Å². The second kappa shape index (κ2) is 11.6. The van der Waals surface area contributed by atoms with Gasteiger partial charge in [0.05, 0.1) is 19.1 Å². The van der Waals surface area contributed by atoms with Crippen molar-refractivity contribution in [1.29, 1.82) is 0 Å². The maximum Gasteiger partial charge on any atom is 0.244 e. The monoisotopic (exact) mass is 479 g/mol. The highest BCUT2D eigenvalue weighted by molar-refractivity contribution is 7.92. The van der Waals surface area contributed by atoms with Crippen LogP contribution in [0.5, 0.6) is 5.75 Å². The lowest BCUT2D eigenvalue weighted by Gasteiger charge is -2.32. The Balaban J connectivity index is 2.43. The fraction of sp³-hybridized carbons (Fsp3) is 0.391. The number of nitrogens with one attached hydrogen (secondary N) is 1. The molecule has 2 aromatic rings. The van der Waals surface area contributed by atoms with Gasteiger partial charge in [0.1, 0.15) is 24.2 Å². The molecule has 2 rings (SSSR count). The van der Waals surface area contributed by atoms with Crippen molar-refractivity contribution in [2.45, 2.75) is 32.9 Å². The van der Waals surface area contributed by atoms with Gasteiger partial charge >= 0.3 is 0 Å². The number of carbonyl (C=O) groups excluding carboxylic acids is 2. The van der Waals surface area contributed by atoms with Crippen LogP contribution in [0.1, 0.15) is 25.8 Å². The first-order valence-electron chi connectivity index (χ1n) is 10.5. The Morgan fingerprint density at radius 3 is 2.33 bits per heavy atom. The van der Waals surface area contributed by atoms with E-state index in [1.807, 2.05) is 0 Å². The van der Waals surface area contributed by atoms with E-state index >= 15 is 0 Å². The maximum atomic E-state index is 13.4. The van der Waals surface area contributed by atoms with Gasteiger partial charge in [0.2, 0.25) is 21.8 Å². The van der Waals surface area contributed by atoms with Gasteiger partial charge in [-0.25, -0.2) is 12.8 Å². The minimum Gasteiger partial charge on any atom is -0.497 e. The summed E-state index contributed by atoms with van der Waals surface area (Å²) >= 11 is 0. The summed E-state index contributed by atoms with van der Waals surface area (Å²) in [6.45, 7) is 3.42. The number of ether oxygens (including phenoxy) is 1. The molecule has 0 aliphatic rings. The Kier molecular flexibility index (Phi) is 9.22. The molecule has 33 heavy (non-hydrogen) atoms. The highest BCUT2D eigenvalue weighted by Gasteiger charge is 2.31. The standard InChI is InChI=1S/C23H30FN3O5S/c1-5-21(23(29)25-6-2)26(15-17-10-12-18(24)13-11-17)22(28)16-27(33(4,30)31)19-8-7-9-20(14-19)32-3/h7-14,21H,5-6,15-16H2,1-4H3,(H,25,29)/t21-/m0/s1. The third-order valence-corrected chi connectivity index (χ3v) is 6.16. The molecule has 0 heterocycles. The van der Waals surface area contributed by atoms with Gasteiger partial charge in [-0.15, -0.1) is 0 Å². The van der Waals surface area contributed by atoms with E-state index in [2.05, 4.69) is 5.32 Å². The predicted octanol–water partition coefficient (Wildman–Crippen LogP) is 2.54. The smallest absolute Gasteiger partial charge is 0.244 e. The molecule has 2 amide bonds. The first-order chi connectivity index (χ1) is 15.6. The van der Waals surface area contributed by atoms with Crippen molar-refractivity contribution in [2.24, 2.45) is 0 Å². The van der Waals surface area contributed by atoms with Gasteiger partial charge < -0.3 is 15.0 Å². The SMILES string of the molecule is CCNC(=O)[C@H](CC)N(Cc1ccc(F)cc1)C(=O)CN(c1cccc(OC)c1)S(C)(=O)=O. The van der Waals surface area contributed by atoms with Gasteiger partial charge in [-0.1, -0.05) is 25.1 Å². The maximum absolute atomic E-state index is 13.4. The van der Waals surface area contributed by atoms with Crippen LogP contribution in [0.3, 0.4) is 0 Å². The molecule has 0 fully saturated rings. The van der Waals surface area contributed by atoms with Crippen molar-refractivity contribution in [3.63, 3.8) is 0 Å². The van der Waals surface area contributed by atoms with E-state index in [1.54, 1.807) is 32.0 Å². The summed E-state index contributed by atoms with van der Waals surface area (Å²) in [7, 11) is -2.38. The number of nitrogens with zero attached hydrogens (tertiary/aromatic N) is 2. The summed E-state index contributed by atoms with van der Waals surface area (Å²) in [5.74, 6) is -0.896. The third-order valence-electron chi connectivity index (χ3n) is 5.02. The minimum atomic E-state index is -3.83. The van der Waals surface area contributed by atoms with Crippen LogP contribution in [-0.2, 0) is 26.2 Å². The Bertz CT molecular complexity index is 1060. The van der Waals surface area contributed by atoms with E-state index < -0.39 is 34.3 Å². The van der Waals surface area contributed by atoms with Crippen LogP contribution in [0.4, 0.5) is 10.1 Å². The summed E-state index contributed by atoms with van der Waals surface area (Å²) in [4.78, 5) is 27.5. The first-order valence-corrected chi connectivity index (χ1v) is 12.4. The first kappa shape index (κ1) is 26.1. The van der Waals surface area contributed by atoms with Crippen LogP contribution in [-0.4, -0.2) is 57.6 Å². The highest BCUT2D eigenvalue weighted by Crippen LogP contribution is 2.24. The topological polar surface area (TPSA) is 96.0 Å². The Morgan fingerprint density at radius 1 is 1.12 bits per heavy atom. The van der Waals surface area contributed by atoms with E-state index in [0.717, 1.165) is 10.6 Å². The molecule has 1 atom stereocenters. The lowest BCUT2D eigenvalue weighted by molar-refractivity contribution is -0.140. The molecule has 0 aromatic heterocycles. The van der Waals surface area contributed by atoms with Crippen LogP contribution >= 0.6 is 0 Å². The van der Waals surface area contributed by atoms with Crippen LogP contribution in [0.25, 0.3) is 0 Å². The van der Waals surface area contributed by atoms with Gasteiger partial charge in [0, 0.05) is 19.2 Å². The molecule has 0 bridgehead atoms. The largest absolute Gasteiger partial charge is 0.497 e. The van der Waals surface area contributed by atoms with Crippen molar-refractivity contribution >= 4 is 27.5 Å². The molecule has 0 saturated heterocycles. The average molecular weight is 480 g/mol. The van der Waals surface area contributed by atoms with E-state index in [-0.39, 0.29) is 18.1 Å². The number of likely N-dealkylation sites (N-methyl/N-ethyl adjacent to an activating group) is 1. The predicted molar refractivity (Wildman–Crippen MR) is 125 cm³/mol. The molecule has 180 valence electrons. The zero-order valence-corrected chi connectivity index (χ0v) is 20.1. The Labute approximate surface area is 194 Å². The normalized spacial score (nSPS) is 12.0. The summed E-state index contributed by atoms with van der Waals surface area (Å²) < 4.78 is 44.6. The number of anilines is 1. The van der Waals surface area contributed by atoms with Crippen LogP contribution < -0.4 is 14.4 Å². The number of benzene rings is 2. The number of amides is 2. The number of hydrogen-bond donors (Lipinski definition) is 1. The molecule has 0 aliphatic heterocycles. The number of carbonyl (C=O) groups is 2. The summed E-state index contributed by atoms with van der Waals surface area (Å²) in [6.07, 6.45) is 1.32. The quantitative estimate of drug-likeness (QED) is 0.534. The molecule has 0 aliphatic carbocycles. The lowest BCUT2D eigenvalue weighted by atomic mass is 10.1. The van der Waals surface area contributed by atoms with Crippen LogP contribution in [0, 0.1) is 5.82 Å². The van der Waals surface area contributed by atoms with Gasteiger partial charge in [0.15, 0.2) is 0 Å². The number of rotatable bonds is 11. The molecular formula is C23H30FN3O5S. The fourth-order valence-electron chi connectivity index (χ4n) is 3.38. The van der Waals surface area contributed by atoms with Gasteiger partial charge in [-0.05, 0) is 43.2 Å². The van der Waals surface area contributed by atoms with E-state index in [1.165, 1.54) is 42.3 Å². The van der Waals surface area contributed by atoms with Crippen molar-refractivity contribution in [3.8, 4) is 5.75 Å². The number of methoxy groups -OCH3 is 1. The molecule has 0 saturated carbocycles. The molecule has 1 N–H and O–H groups in total. The Morgan fingerprint density at radius 2 is 1.79 bits per heavy atom. The van der Waals surface area contributed by atoms with Crippen LogP contribution in [0.15, 0.2) is 48.5 Å². The van der Waals surface area contributed by atoms with Gasteiger partial charge in [0.25, 0.3) is 0 Å². The van der Waals surface area contributed by atoms with E-state index in [0.29, 0.717) is 24.3 Å². The molecule has 0 spiro atoms. The lowest BCUT2D eigenvalue weighted by Crippen LogP contribution is -2.52. The highest BCUT2D eigenvalue weighted by atomic mass is 32.2. The average Bonchev–Trinajstić information content (AvgIpc) is 2.78. The number of halogens is 1. The number of hydrogen-bond acceptors (Lipinski definition) is 5. The van der Waals surface area contributed by atoms with Crippen molar-refractivity contribution < 1.29 is 27.1 Å². The zero-order chi connectivity index (χ0) is 24.6. The minimum absolute atomic E-state index is 0.0183.